The first-order valence-electron chi connectivity index (χ1n) is 7.70. The van der Waals surface area contributed by atoms with Gasteiger partial charge in [-0.05, 0) is 29.8 Å². The molecule has 0 radical (unpaired) electrons. The van der Waals surface area contributed by atoms with Gasteiger partial charge in [0.1, 0.15) is 12.4 Å². The van der Waals surface area contributed by atoms with Crippen LogP contribution in [0, 0.1) is 0 Å². The van der Waals surface area contributed by atoms with E-state index in [0.29, 0.717) is 34.1 Å². The lowest BCUT2D eigenvalue weighted by atomic mass is 10.0. The molecular weight excluding hydrogens is 322 g/mol. The lowest BCUT2D eigenvalue weighted by Gasteiger charge is -2.13. The van der Waals surface area contributed by atoms with E-state index in [4.69, 9.17) is 18.9 Å². The average molecular weight is 341 g/mol. The number of esters is 1. The van der Waals surface area contributed by atoms with Crippen LogP contribution in [0.4, 0.5) is 5.69 Å². The molecular formula is C19H19NO5. The van der Waals surface area contributed by atoms with E-state index >= 15 is 0 Å². The van der Waals surface area contributed by atoms with Crippen LogP contribution in [0.3, 0.4) is 0 Å². The molecule has 2 aromatic rings. The van der Waals surface area contributed by atoms with Crippen LogP contribution < -0.4 is 19.5 Å². The lowest BCUT2D eigenvalue weighted by molar-refractivity contribution is -0.134. The fourth-order valence-electron chi connectivity index (χ4n) is 2.70. The van der Waals surface area contributed by atoms with Crippen molar-refractivity contribution in [3.05, 3.63) is 53.7 Å². The number of para-hydroxylation sites is 2. The van der Waals surface area contributed by atoms with E-state index in [-0.39, 0.29) is 12.6 Å². The minimum atomic E-state index is -0.385. The SMILES string of the molecule is COc1ccccc1NC1=C(c2ccc(OC)c(OC)c2)C(=O)OC1. The van der Waals surface area contributed by atoms with Crippen LogP contribution in [0.15, 0.2) is 48.2 Å². The number of hydrogen-bond donors (Lipinski definition) is 1. The molecule has 0 bridgehead atoms. The molecule has 6 nitrogen and oxygen atoms in total. The van der Waals surface area contributed by atoms with Crippen molar-refractivity contribution in [3.8, 4) is 17.2 Å². The van der Waals surface area contributed by atoms with Crippen LogP contribution in [-0.2, 0) is 9.53 Å². The van der Waals surface area contributed by atoms with Gasteiger partial charge >= 0.3 is 5.97 Å². The molecule has 1 heterocycles. The van der Waals surface area contributed by atoms with Crippen molar-refractivity contribution < 1.29 is 23.7 Å². The van der Waals surface area contributed by atoms with Gasteiger partial charge in [0.05, 0.1) is 38.3 Å². The Balaban J connectivity index is 2.02. The highest BCUT2D eigenvalue weighted by atomic mass is 16.5. The number of cyclic esters (lactones) is 1. The molecule has 0 fully saturated rings. The average Bonchev–Trinajstić information content (AvgIpc) is 3.01. The molecule has 25 heavy (non-hydrogen) atoms. The summed E-state index contributed by atoms with van der Waals surface area (Å²) in [6.07, 6.45) is 0. The maximum atomic E-state index is 12.3. The first kappa shape index (κ1) is 16.7. The second-order valence-corrected chi connectivity index (χ2v) is 5.32. The van der Waals surface area contributed by atoms with Crippen molar-refractivity contribution in [1.29, 1.82) is 0 Å². The van der Waals surface area contributed by atoms with Crippen molar-refractivity contribution in [2.24, 2.45) is 0 Å². The molecule has 1 N–H and O–H groups in total. The lowest BCUT2D eigenvalue weighted by Crippen LogP contribution is -2.05. The summed E-state index contributed by atoms with van der Waals surface area (Å²) in [5.74, 6) is 1.44. The monoisotopic (exact) mass is 341 g/mol. The molecule has 3 rings (SSSR count). The first-order valence-corrected chi connectivity index (χ1v) is 7.70. The first-order chi connectivity index (χ1) is 12.2. The molecule has 6 heteroatoms. The van der Waals surface area contributed by atoms with Crippen LogP contribution in [0.25, 0.3) is 5.57 Å². The van der Waals surface area contributed by atoms with Crippen LogP contribution in [0.1, 0.15) is 5.56 Å². The Hall–Kier alpha value is -3.15. The van der Waals surface area contributed by atoms with Crippen molar-refractivity contribution in [3.63, 3.8) is 0 Å². The molecule has 2 aromatic carbocycles. The summed E-state index contributed by atoms with van der Waals surface area (Å²) < 4.78 is 21.1. The Labute approximate surface area is 146 Å². The van der Waals surface area contributed by atoms with Crippen molar-refractivity contribution in [2.45, 2.75) is 0 Å². The fraction of sp³-hybridized carbons (Fsp3) is 0.211. The second kappa shape index (κ2) is 7.17. The van der Waals surface area contributed by atoms with Crippen molar-refractivity contribution in [2.75, 3.05) is 33.3 Å². The highest BCUT2D eigenvalue weighted by Gasteiger charge is 2.27. The summed E-state index contributed by atoms with van der Waals surface area (Å²) in [4.78, 5) is 12.3. The van der Waals surface area contributed by atoms with Gasteiger partial charge < -0.3 is 24.3 Å². The third kappa shape index (κ3) is 3.24. The summed E-state index contributed by atoms with van der Waals surface area (Å²) in [7, 11) is 4.71. The molecule has 130 valence electrons. The topological polar surface area (TPSA) is 66.0 Å². The zero-order chi connectivity index (χ0) is 17.8. The zero-order valence-electron chi connectivity index (χ0n) is 14.3. The van der Waals surface area contributed by atoms with Gasteiger partial charge in [-0.25, -0.2) is 4.79 Å². The van der Waals surface area contributed by atoms with Gasteiger partial charge in [0.25, 0.3) is 0 Å². The summed E-state index contributed by atoms with van der Waals surface area (Å²) >= 11 is 0. The standard InChI is InChI=1S/C19H19NO5/c1-22-15-7-5-4-6-13(15)20-14-11-25-19(21)18(14)12-8-9-16(23-2)17(10-12)24-3/h4-10,20H,11H2,1-3H3. The summed E-state index contributed by atoms with van der Waals surface area (Å²) in [5, 5.41) is 3.24. The number of rotatable bonds is 6. The van der Waals surface area contributed by atoms with Crippen LogP contribution >= 0.6 is 0 Å². The third-order valence-corrected chi connectivity index (χ3v) is 3.92. The van der Waals surface area contributed by atoms with Crippen molar-refractivity contribution in [1.82, 2.24) is 0 Å². The van der Waals surface area contributed by atoms with E-state index in [1.54, 1.807) is 39.5 Å². The molecule has 0 amide bonds. The van der Waals surface area contributed by atoms with E-state index in [9.17, 15) is 4.79 Å². The predicted molar refractivity (Wildman–Crippen MR) is 94.0 cm³/mol. The number of methoxy groups -OCH3 is 3. The largest absolute Gasteiger partial charge is 0.495 e. The number of nitrogens with one attached hydrogen (secondary N) is 1. The van der Waals surface area contributed by atoms with Gasteiger partial charge in [0, 0.05) is 0 Å². The Kier molecular flexibility index (Phi) is 4.79. The minimum Gasteiger partial charge on any atom is -0.495 e. The van der Waals surface area contributed by atoms with Gasteiger partial charge in [-0.15, -0.1) is 0 Å². The summed E-state index contributed by atoms with van der Waals surface area (Å²) in [6.45, 7) is 0.167. The van der Waals surface area contributed by atoms with Gasteiger partial charge in [0.15, 0.2) is 11.5 Å². The molecule has 0 spiro atoms. The number of hydrogen-bond acceptors (Lipinski definition) is 6. The molecule has 0 aromatic heterocycles. The smallest absolute Gasteiger partial charge is 0.341 e. The van der Waals surface area contributed by atoms with E-state index < -0.39 is 0 Å². The Morgan fingerprint density at radius 1 is 0.920 bits per heavy atom. The number of ether oxygens (including phenoxy) is 4. The van der Waals surface area contributed by atoms with Crippen LogP contribution in [-0.4, -0.2) is 33.9 Å². The maximum absolute atomic E-state index is 12.3. The Morgan fingerprint density at radius 2 is 1.64 bits per heavy atom. The Bertz CT molecular complexity index is 828. The number of carbonyl (C=O) groups excluding carboxylic acids is 1. The summed E-state index contributed by atoms with van der Waals surface area (Å²) in [6, 6.07) is 12.8. The van der Waals surface area contributed by atoms with Crippen LogP contribution in [0.2, 0.25) is 0 Å². The van der Waals surface area contributed by atoms with Crippen LogP contribution in [0.5, 0.6) is 17.2 Å². The highest BCUT2D eigenvalue weighted by molar-refractivity contribution is 6.20. The normalized spacial score (nSPS) is 13.5. The quantitative estimate of drug-likeness (QED) is 0.815. The Morgan fingerprint density at radius 3 is 2.36 bits per heavy atom. The number of benzene rings is 2. The number of carbonyl (C=O) groups is 1. The van der Waals surface area contributed by atoms with E-state index in [1.807, 2.05) is 24.3 Å². The summed E-state index contributed by atoms with van der Waals surface area (Å²) in [5.41, 5.74) is 2.59. The van der Waals surface area contributed by atoms with Crippen molar-refractivity contribution >= 4 is 17.2 Å². The predicted octanol–water partition coefficient (Wildman–Crippen LogP) is 3.09. The maximum Gasteiger partial charge on any atom is 0.341 e. The molecule has 0 aliphatic carbocycles. The zero-order valence-corrected chi connectivity index (χ0v) is 14.3. The highest BCUT2D eigenvalue weighted by Crippen LogP contribution is 2.35. The minimum absolute atomic E-state index is 0.167. The van der Waals surface area contributed by atoms with E-state index in [1.165, 1.54) is 0 Å². The fourth-order valence-corrected chi connectivity index (χ4v) is 2.70. The third-order valence-electron chi connectivity index (χ3n) is 3.92. The molecule has 0 saturated heterocycles. The van der Waals surface area contributed by atoms with E-state index in [2.05, 4.69) is 5.32 Å². The number of anilines is 1. The van der Waals surface area contributed by atoms with E-state index in [0.717, 1.165) is 5.69 Å². The molecule has 0 saturated carbocycles. The second-order valence-electron chi connectivity index (χ2n) is 5.32. The molecule has 0 unspecified atom stereocenters. The van der Waals surface area contributed by atoms with Gasteiger partial charge in [-0.3, -0.25) is 0 Å². The van der Waals surface area contributed by atoms with Gasteiger partial charge in [-0.2, -0.15) is 0 Å². The molecule has 0 atom stereocenters. The molecule has 1 aliphatic rings. The molecule has 1 aliphatic heterocycles. The van der Waals surface area contributed by atoms with Gasteiger partial charge in [0.2, 0.25) is 0 Å². The van der Waals surface area contributed by atoms with Gasteiger partial charge in [-0.1, -0.05) is 18.2 Å².